The van der Waals surface area contributed by atoms with Gasteiger partial charge in [0.15, 0.2) is 5.82 Å². The molecule has 0 saturated carbocycles. The van der Waals surface area contributed by atoms with E-state index in [9.17, 15) is 0 Å². The average Bonchev–Trinajstić information content (AvgIpc) is 2.62. The topological polar surface area (TPSA) is 77.0 Å². The third-order valence-electron chi connectivity index (χ3n) is 2.23. The van der Waals surface area contributed by atoms with E-state index in [0.29, 0.717) is 26.1 Å². The Balaban J connectivity index is 2.33. The second-order valence-corrected chi connectivity index (χ2v) is 5.23. The molecule has 0 aliphatic heterocycles. The molecule has 0 saturated heterocycles. The van der Waals surface area contributed by atoms with Gasteiger partial charge in [-0.25, -0.2) is 15.8 Å². The van der Waals surface area contributed by atoms with Crippen LogP contribution in [0, 0.1) is 13.8 Å². The number of oxazole rings is 1. The molecule has 0 atom stereocenters. The Bertz CT molecular complexity index is 568. The molecule has 0 spiro atoms. The normalized spacial score (nSPS) is 10.7. The summed E-state index contributed by atoms with van der Waals surface area (Å²) in [5, 5.41) is 1.77. The van der Waals surface area contributed by atoms with Crippen molar-refractivity contribution in [1.29, 1.82) is 0 Å². The quantitative estimate of drug-likeness (QED) is 0.668. The minimum atomic E-state index is 0.351. The summed E-state index contributed by atoms with van der Waals surface area (Å²) in [6.07, 6.45) is 0. The number of hydrogen-bond donors (Lipinski definition) is 2. The zero-order valence-electron chi connectivity index (χ0n) is 9.62. The van der Waals surface area contributed by atoms with Gasteiger partial charge in [-0.15, -0.1) is 0 Å². The Morgan fingerprint density at radius 2 is 2.00 bits per heavy atom. The molecule has 0 aliphatic rings. The predicted molar refractivity (Wildman–Crippen MR) is 72.2 cm³/mol. The molecule has 2 heterocycles. The summed E-state index contributed by atoms with van der Waals surface area (Å²) in [4.78, 5) is 8.43. The van der Waals surface area contributed by atoms with Gasteiger partial charge in [-0.3, -0.25) is 0 Å². The van der Waals surface area contributed by atoms with Gasteiger partial charge in [-0.2, -0.15) is 0 Å². The molecule has 18 heavy (non-hydrogen) atoms. The van der Waals surface area contributed by atoms with Crippen molar-refractivity contribution >= 4 is 40.8 Å². The standard InChI is InChI=1S/C10H10Cl2N4OS/c1-4-5(2)17-10(14-4)18-9-7(12)3-6(11)8(15-9)16-13/h3H,13H2,1-2H3,(H,15,16). The van der Waals surface area contributed by atoms with Gasteiger partial charge in [0.1, 0.15) is 10.8 Å². The van der Waals surface area contributed by atoms with E-state index in [2.05, 4.69) is 15.4 Å². The first-order valence-corrected chi connectivity index (χ1v) is 6.53. The highest BCUT2D eigenvalue weighted by molar-refractivity contribution is 7.99. The van der Waals surface area contributed by atoms with Crippen LogP contribution in [0.5, 0.6) is 0 Å². The molecule has 0 amide bonds. The highest BCUT2D eigenvalue weighted by atomic mass is 35.5. The van der Waals surface area contributed by atoms with Crippen LogP contribution >= 0.6 is 35.0 Å². The van der Waals surface area contributed by atoms with Crippen LogP contribution in [0.4, 0.5) is 5.82 Å². The van der Waals surface area contributed by atoms with Crippen LogP contribution in [0.3, 0.4) is 0 Å². The van der Waals surface area contributed by atoms with E-state index >= 15 is 0 Å². The zero-order valence-corrected chi connectivity index (χ0v) is 11.9. The molecule has 0 aliphatic carbocycles. The van der Waals surface area contributed by atoms with Crippen LogP contribution < -0.4 is 11.3 Å². The summed E-state index contributed by atoms with van der Waals surface area (Å²) in [6.45, 7) is 3.71. The van der Waals surface area contributed by atoms with Crippen LogP contribution in [0.25, 0.3) is 0 Å². The molecule has 2 rings (SSSR count). The van der Waals surface area contributed by atoms with Gasteiger partial charge in [0.25, 0.3) is 5.22 Å². The summed E-state index contributed by atoms with van der Waals surface area (Å²) in [6, 6.07) is 1.57. The van der Waals surface area contributed by atoms with Crippen LogP contribution in [0.2, 0.25) is 10.0 Å². The zero-order chi connectivity index (χ0) is 13.3. The monoisotopic (exact) mass is 304 g/mol. The van der Waals surface area contributed by atoms with Crippen molar-refractivity contribution in [2.45, 2.75) is 24.1 Å². The number of halogens is 2. The molecule has 0 bridgehead atoms. The first kappa shape index (κ1) is 13.5. The molecule has 0 unspecified atom stereocenters. The number of nitrogens with one attached hydrogen (secondary N) is 1. The van der Waals surface area contributed by atoms with Gasteiger partial charge in [0, 0.05) is 0 Å². The molecule has 5 nitrogen and oxygen atoms in total. The van der Waals surface area contributed by atoms with Crippen molar-refractivity contribution in [1.82, 2.24) is 9.97 Å². The molecular weight excluding hydrogens is 295 g/mol. The minimum absolute atomic E-state index is 0.351. The van der Waals surface area contributed by atoms with E-state index in [0.717, 1.165) is 11.5 Å². The molecule has 0 radical (unpaired) electrons. The van der Waals surface area contributed by atoms with Crippen LogP contribution in [-0.2, 0) is 0 Å². The van der Waals surface area contributed by atoms with Gasteiger partial charge in [-0.1, -0.05) is 23.2 Å². The first-order valence-electron chi connectivity index (χ1n) is 4.95. The molecule has 3 N–H and O–H groups in total. The molecular formula is C10H10Cl2N4OS. The molecule has 2 aromatic rings. The van der Waals surface area contributed by atoms with E-state index in [1.165, 1.54) is 11.8 Å². The lowest BCUT2D eigenvalue weighted by atomic mass is 10.4. The van der Waals surface area contributed by atoms with Crippen molar-refractivity contribution < 1.29 is 4.42 Å². The summed E-state index contributed by atoms with van der Waals surface area (Å²) in [5.41, 5.74) is 3.23. The van der Waals surface area contributed by atoms with Crippen molar-refractivity contribution in [2.75, 3.05) is 5.43 Å². The maximum Gasteiger partial charge on any atom is 0.262 e. The summed E-state index contributed by atoms with van der Waals surface area (Å²) >= 11 is 13.2. The Labute approximate surface area is 118 Å². The summed E-state index contributed by atoms with van der Waals surface area (Å²) < 4.78 is 5.45. The highest BCUT2D eigenvalue weighted by Crippen LogP contribution is 2.35. The molecule has 0 aromatic carbocycles. The maximum absolute atomic E-state index is 6.05. The Morgan fingerprint density at radius 1 is 1.28 bits per heavy atom. The number of nitrogen functional groups attached to an aromatic ring is 1. The van der Waals surface area contributed by atoms with E-state index in [1.54, 1.807) is 6.07 Å². The number of nitrogens with zero attached hydrogens (tertiary/aromatic N) is 2. The maximum atomic E-state index is 6.05. The second-order valence-electron chi connectivity index (χ2n) is 3.47. The van der Waals surface area contributed by atoms with E-state index in [1.807, 2.05) is 13.8 Å². The number of rotatable bonds is 3. The van der Waals surface area contributed by atoms with Crippen LogP contribution in [0.1, 0.15) is 11.5 Å². The van der Waals surface area contributed by atoms with E-state index < -0.39 is 0 Å². The minimum Gasteiger partial charge on any atom is -0.436 e. The van der Waals surface area contributed by atoms with Crippen LogP contribution in [0.15, 0.2) is 20.7 Å². The fourth-order valence-corrected chi connectivity index (χ4v) is 2.53. The number of nitrogens with two attached hydrogens (primary N) is 1. The number of aromatic nitrogens is 2. The Kier molecular flexibility index (Phi) is 4.01. The third-order valence-corrected chi connectivity index (χ3v) is 3.77. The van der Waals surface area contributed by atoms with Crippen molar-refractivity contribution in [2.24, 2.45) is 5.84 Å². The van der Waals surface area contributed by atoms with Gasteiger partial charge in [-0.05, 0) is 31.7 Å². The molecule has 2 aromatic heterocycles. The summed E-state index contributed by atoms with van der Waals surface area (Å²) in [5.74, 6) is 6.42. The number of aryl methyl sites for hydroxylation is 2. The number of anilines is 1. The van der Waals surface area contributed by atoms with Crippen molar-refractivity contribution in [3.63, 3.8) is 0 Å². The first-order chi connectivity index (χ1) is 8.51. The van der Waals surface area contributed by atoms with Gasteiger partial charge < -0.3 is 9.84 Å². The fourth-order valence-electron chi connectivity index (χ4n) is 1.19. The lowest BCUT2D eigenvalue weighted by Gasteiger charge is -2.06. The van der Waals surface area contributed by atoms with Crippen molar-refractivity contribution in [3.8, 4) is 0 Å². The lowest BCUT2D eigenvalue weighted by molar-refractivity contribution is 0.431. The highest BCUT2D eigenvalue weighted by Gasteiger charge is 2.14. The van der Waals surface area contributed by atoms with Crippen molar-refractivity contribution in [3.05, 3.63) is 27.6 Å². The number of pyridine rings is 1. The molecule has 0 fully saturated rings. The van der Waals surface area contributed by atoms with E-state index in [4.69, 9.17) is 33.5 Å². The third kappa shape index (κ3) is 2.72. The Morgan fingerprint density at radius 3 is 2.56 bits per heavy atom. The SMILES string of the molecule is Cc1nc(Sc2nc(NN)c(Cl)cc2Cl)oc1C. The fraction of sp³-hybridized carbons (Fsp3) is 0.200. The van der Waals surface area contributed by atoms with Gasteiger partial charge in [0.2, 0.25) is 0 Å². The molecule has 8 heteroatoms. The average molecular weight is 305 g/mol. The predicted octanol–water partition coefficient (Wildman–Crippen LogP) is 3.43. The van der Waals surface area contributed by atoms with Gasteiger partial charge in [0.05, 0.1) is 15.7 Å². The van der Waals surface area contributed by atoms with Crippen LogP contribution in [-0.4, -0.2) is 9.97 Å². The summed E-state index contributed by atoms with van der Waals surface area (Å²) in [7, 11) is 0. The number of hydrazine groups is 1. The second kappa shape index (κ2) is 5.36. The van der Waals surface area contributed by atoms with Gasteiger partial charge >= 0.3 is 0 Å². The Hall–Kier alpha value is -0.950. The largest absolute Gasteiger partial charge is 0.436 e. The number of hydrogen-bond acceptors (Lipinski definition) is 6. The molecule has 96 valence electrons. The van der Waals surface area contributed by atoms with E-state index in [-0.39, 0.29) is 0 Å². The lowest BCUT2D eigenvalue weighted by Crippen LogP contribution is -2.09. The smallest absolute Gasteiger partial charge is 0.262 e.